The Bertz CT molecular complexity index is 882. The van der Waals surface area contributed by atoms with Crippen molar-refractivity contribution in [1.29, 1.82) is 0 Å². The van der Waals surface area contributed by atoms with Crippen LogP contribution in [0.4, 0.5) is 0 Å². The van der Waals surface area contributed by atoms with Crippen molar-refractivity contribution in [3.63, 3.8) is 0 Å². The molecule has 7 heteroatoms. The van der Waals surface area contributed by atoms with E-state index in [4.69, 9.17) is 4.74 Å². The first kappa shape index (κ1) is 19.4. The Hall–Kier alpha value is -2.38. The van der Waals surface area contributed by atoms with Crippen LogP contribution in [0.1, 0.15) is 31.5 Å². The molecular weight excluding hydrogens is 364 g/mol. The normalized spacial score (nSPS) is 18.3. The van der Waals surface area contributed by atoms with E-state index in [2.05, 4.69) is 0 Å². The molecule has 1 amide bonds. The molecule has 1 saturated heterocycles. The van der Waals surface area contributed by atoms with E-state index < -0.39 is 16.2 Å². The zero-order valence-electron chi connectivity index (χ0n) is 15.5. The quantitative estimate of drug-likeness (QED) is 0.790. The van der Waals surface area contributed by atoms with Gasteiger partial charge < -0.3 is 9.64 Å². The number of ether oxygens (including phenoxy) is 1. The van der Waals surface area contributed by atoms with E-state index in [0.717, 1.165) is 5.56 Å². The van der Waals surface area contributed by atoms with E-state index in [1.807, 2.05) is 12.1 Å². The maximum absolute atomic E-state index is 13.3. The number of nitrogens with zero attached hydrogens (tertiary/aromatic N) is 2. The minimum absolute atomic E-state index is 0.0659. The van der Waals surface area contributed by atoms with Gasteiger partial charge in [-0.25, -0.2) is 8.42 Å². The lowest BCUT2D eigenvalue weighted by atomic mass is 10.1. The molecule has 6 nitrogen and oxygen atoms in total. The van der Waals surface area contributed by atoms with Crippen LogP contribution in [0.3, 0.4) is 0 Å². The fourth-order valence-electron chi connectivity index (χ4n) is 3.36. The third-order valence-electron chi connectivity index (χ3n) is 4.73. The van der Waals surface area contributed by atoms with Crippen LogP contribution in [-0.4, -0.2) is 43.7 Å². The zero-order valence-corrected chi connectivity index (χ0v) is 16.4. The molecule has 1 atom stereocenters. The highest BCUT2D eigenvalue weighted by molar-refractivity contribution is 7.89. The number of methoxy groups -OCH3 is 1. The Kier molecular flexibility index (Phi) is 5.82. The first-order valence-electron chi connectivity index (χ1n) is 8.99. The monoisotopic (exact) mass is 388 g/mol. The lowest BCUT2D eigenvalue weighted by molar-refractivity contribution is -0.138. The first-order valence-corrected chi connectivity index (χ1v) is 10.4. The summed E-state index contributed by atoms with van der Waals surface area (Å²) in [5, 5.41) is 0. The molecule has 0 saturated carbocycles. The molecule has 0 bridgehead atoms. The van der Waals surface area contributed by atoms with Crippen LogP contribution in [0.25, 0.3) is 0 Å². The summed E-state index contributed by atoms with van der Waals surface area (Å²) in [5.41, 5.74) is 0.747. The average molecular weight is 388 g/mol. The van der Waals surface area contributed by atoms with Crippen LogP contribution < -0.4 is 4.74 Å². The standard InChI is InChI=1S/C20H24N2O4S/c1-3-19(23)21-14-7-15-22(27(24,25)18-8-5-4-6-9-18)20(21)16-10-12-17(26-2)13-11-16/h4-6,8-13,20H,3,7,14-15H2,1-2H3/t20-/m1/s1. The summed E-state index contributed by atoms with van der Waals surface area (Å²) in [7, 11) is -2.16. The molecule has 0 aromatic heterocycles. The topological polar surface area (TPSA) is 66.9 Å². The van der Waals surface area contributed by atoms with Gasteiger partial charge >= 0.3 is 0 Å². The van der Waals surface area contributed by atoms with E-state index in [9.17, 15) is 13.2 Å². The second kappa shape index (κ2) is 8.10. The van der Waals surface area contributed by atoms with Gasteiger partial charge in [-0.15, -0.1) is 0 Å². The second-order valence-electron chi connectivity index (χ2n) is 6.37. The second-order valence-corrected chi connectivity index (χ2v) is 8.26. The van der Waals surface area contributed by atoms with Gasteiger partial charge in [-0.3, -0.25) is 4.79 Å². The highest BCUT2D eigenvalue weighted by Gasteiger charge is 2.40. The molecule has 2 aromatic carbocycles. The molecule has 144 valence electrons. The van der Waals surface area contributed by atoms with Gasteiger partial charge in [-0.05, 0) is 36.2 Å². The third-order valence-corrected chi connectivity index (χ3v) is 6.60. The number of carbonyl (C=O) groups is 1. The van der Waals surface area contributed by atoms with Crippen molar-refractivity contribution in [3.05, 3.63) is 60.2 Å². The lowest BCUT2D eigenvalue weighted by Gasteiger charge is -2.43. The molecule has 0 radical (unpaired) electrons. The third kappa shape index (κ3) is 3.84. The van der Waals surface area contributed by atoms with E-state index in [1.54, 1.807) is 61.4 Å². The molecule has 0 aliphatic carbocycles. The number of hydrogen-bond donors (Lipinski definition) is 0. The Morgan fingerprint density at radius 3 is 2.33 bits per heavy atom. The van der Waals surface area contributed by atoms with Crippen molar-refractivity contribution in [3.8, 4) is 5.75 Å². The first-order chi connectivity index (χ1) is 13.0. The Balaban J connectivity index is 2.08. The number of sulfonamides is 1. The van der Waals surface area contributed by atoms with Crippen molar-refractivity contribution in [2.24, 2.45) is 0 Å². The molecule has 1 aliphatic rings. The van der Waals surface area contributed by atoms with E-state index in [-0.39, 0.29) is 10.8 Å². The summed E-state index contributed by atoms with van der Waals surface area (Å²) in [6.07, 6.45) is 0.262. The van der Waals surface area contributed by atoms with E-state index in [0.29, 0.717) is 31.7 Å². The maximum atomic E-state index is 13.3. The average Bonchev–Trinajstić information content (AvgIpc) is 2.73. The molecule has 0 spiro atoms. The Labute approximate surface area is 160 Å². The Morgan fingerprint density at radius 1 is 1.07 bits per heavy atom. The highest BCUT2D eigenvalue weighted by Crippen LogP contribution is 2.35. The summed E-state index contributed by atoms with van der Waals surface area (Å²) in [5.74, 6) is 0.615. The van der Waals surface area contributed by atoms with Gasteiger partial charge in [0.2, 0.25) is 15.9 Å². The van der Waals surface area contributed by atoms with Crippen LogP contribution in [0, 0.1) is 0 Å². The summed E-state index contributed by atoms with van der Waals surface area (Å²) < 4.78 is 33.3. The summed E-state index contributed by atoms with van der Waals surface area (Å²) in [6.45, 7) is 2.68. The minimum Gasteiger partial charge on any atom is -0.497 e. The molecule has 1 fully saturated rings. The number of amides is 1. The smallest absolute Gasteiger partial charge is 0.245 e. The van der Waals surface area contributed by atoms with Crippen molar-refractivity contribution >= 4 is 15.9 Å². The summed E-state index contributed by atoms with van der Waals surface area (Å²) >= 11 is 0. The van der Waals surface area contributed by atoms with Gasteiger partial charge in [0.1, 0.15) is 11.9 Å². The molecule has 1 heterocycles. The van der Waals surface area contributed by atoms with Gasteiger partial charge in [-0.1, -0.05) is 37.3 Å². The fraction of sp³-hybridized carbons (Fsp3) is 0.350. The van der Waals surface area contributed by atoms with Crippen molar-refractivity contribution in [2.75, 3.05) is 20.2 Å². The van der Waals surface area contributed by atoms with Crippen molar-refractivity contribution in [2.45, 2.75) is 30.8 Å². The molecule has 3 rings (SSSR count). The van der Waals surface area contributed by atoms with Crippen LogP contribution >= 0.6 is 0 Å². The van der Waals surface area contributed by atoms with E-state index in [1.165, 1.54) is 4.31 Å². The number of hydrogen-bond acceptors (Lipinski definition) is 4. The largest absolute Gasteiger partial charge is 0.497 e. The van der Waals surface area contributed by atoms with Crippen LogP contribution in [-0.2, 0) is 14.8 Å². The van der Waals surface area contributed by atoms with Gasteiger partial charge in [0.25, 0.3) is 0 Å². The minimum atomic E-state index is -3.74. The van der Waals surface area contributed by atoms with Crippen LogP contribution in [0.2, 0.25) is 0 Å². The zero-order chi connectivity index (χ0) is 19.4. The van der Waals surface area contributed by atoms with Crippen LogP contribution in [0.5, 0.6) is 5.75 Å². The predicted octanol–water partition coefficient (Wildman–Crippen LogP) is 3.03. The molecule has 27 heavy (non-hydrogen) atoms. The predicted molar refractivity (Wildman–Crippen MR) is 103 cm³/mol. The molecule has 1 aliphatic heterocycles. The molecule has 0 unspecified atom stereocenters. The molecule has 0 N–H and O–H groups in total. The fourth-order valence-corrected chi connectivity index (χ4v) is 5.00. The maximum Gasteiger partial charge on any atom is 0.245 e. The lowest BCUT2D eigenvalue weighted by Crippen LogP contribution is -2.51. The summed E-state index contributed by atoms with van der Waals surface area (Å²) in [4.78, 5) is 14.5. The summed E-state index contributed by atoms with van der Waals surface area (Å²) in [6, 6.07) is 15.6. The van der Waals surface area contributed by atoms with Gasteiger partial charge in [0.05, 0.1) is 12.0 Å². The van der Waals surface area contributed by atoms with Crippen molar-refractivity contribution < 1.29 is 17.9 Å². The Morgan fingerprint density at radius 2 is 1.74 bits per heavy atom. The van der Waals surface area contributed by atoms with Gasteiger partial charge in [0.15, 0.2) is 0 Å². The molecular formula is C20H24N2O4S. The van der Waals surface area contributed by atoms with Gasteiger partial charge in [0, 0.05) is 19.5 Å². The van der Waals surface area contributed by atoms with E-state index >= 15 is 0 Å². The number of rotatable bonds is 5. The number of benzene rings is 2. The van der Waals surface area contributed by atoms with Crippen molar-refractivity contribution in [1.82, 2.24) is 9.21 Å². The molecule has 2 aromatic rings. The van der Waals surface area contributed by atoms with Gasteiger partial charge in [-0.2, -0.15) is 4.31 Å². The highest BCUT2D eigenvalue weighted by atomic mass is 32.2. The van der Waals surface area contributed by atoms with Crippen LogP contribution in [0.15, 0.2) is 59.5 Å². The number of carbonyl (C=O) groups excluding carboxylic acids is 1. The SMILES string of the molecule is CCC(=O)N1CCCN(S(=O)(=O)c2ccccc2)[C@@H]1c1ccc(OC)cc1.